The van der Waals surface area contributed by atoms with Gasteiger partial charge in [-0.1, -0.05) is 302 Å². The van der Waals surface area contributed by atoms with E-state index in [4.69, 9.17) is 18.9 Å². The van der Waals surface area contributed by atoms with Crippen LogP contribution in [0.1, 0.15) is 296 Å². The first-order chi connectivity index (χ1) is 43.6. The van der Waals surface area contributed by atoms with Gasteiger partial charge in [-0.25, -0.2) is 4.79 Å². The number of likely N-dealkylation sites (N-methyl/N-ethyl adjacent to an activating group) is 1. The predicted molar refractivity (Wildman–Crippen MR) is 382 cm³/mol. The van der Waals surface area contributed by atoms with Crippen molar-refractivity contribution in [2.24, 2.45) is 0 Å². The summed E-state index contributed by atoms with van der Waals surface area (Å²) in [6.45, 7) is 4.76. The van der Waals surface area contributed by atoms with Crippen molar-refractivity contribution >= 4 is 17.9 Å². The molecule has 0 aromatic carbocycles. The van der Waals surface area contributed by atoms with E-state index >= 15 is 0 Å². The standard InChI is InChI=1S/C80H135NO8/c1-6-8-10-12-14-16-18-20-22-24-26-28-30-31-32-33-34-35-36-37-38-39-40-41-42-43-44-45-46-47-49-51-53-55-57-59-61-63-65-67-69-71-78(83)89-76(75-88-80(79(84)85)86-73-72-81(3,4)5)74-87-77(82)70-68-66-64-62-60-58-56-54-52-50-48-29-27-25-23-21-19-17-15-13-11-9-7-2/h8,10,14,16,19-22,25-28,31-32,34-35,37-38,40-41,43-44,76,80H,6-7,9,11-13,15,17-18,23-24,29-30,33,36,39,42,45-75H2,1-5H3/p+1/b10-8-,16-14-,21-19-,22-20-,27-25-,28-26-,32-31-,35-34-,38-37-,41-40-,44-43-. The molecule has 0 aromatic rings. The molecule has 0 aliphatic heterocycles. The van der Waals surface area contributed by atoms with Crippen LogP contribution in [0.25, 0.3) is 0 Å². The molecule has 0 fully saturated rings. The highest BCUT2D eigenvalue weighted by molar-refractivity contribution is 5.71. The molecule has 0 aromatic heterocycles. The first-order valence-electron chi connectivity index (χ1n) is 36.3. The zero-order chi connectivity index (χ0) is 64.7. The largest absolute Gasteiger partial charge is 0.477 e. The number of carboxylic acids is 1. The fourth-order valence-electron chi connectivity index (χ4n) is 9.86. The molecule has 0 bridgehead atoms. The van der Waals surface area contributed by atoms with Crippen LogP contribution in [0, 0.1) is 0 Å². The smallest absolute Gasteiger partial charge is 0.361 e. The number of carboxylic acid groups (broad SMARTS) is 1. The molecule has 9 nitrogen and oxygen atoms in total. The van der Waals surface area contributed by atoms with Crippen LogP contribution in [0.15, 0.2) is 134 Å². The normalized spacial score (nSPS) is 13.5. The summed E-state index contributed by atoms with van der Waals surface area (Å²) in [5.41, 5.74) is 0. The summed E-state index contributed by atoms with van der Waals surface area (Å²) in [5.74, 6) is -2.01. The summed E-state index contributed by atoms with van der Waals surface area (Å²) < 4.78 is 23.0. The molecule has 2 atom stereocenters. The molecule has 9 heteroatoms. The van der Waals surface area contributed by atoms with Crippen molar-refractivity contribution in [2.45, 2.75) is 309 Å². The Morgan fingerprint density at radius 3 is 0.955 bits per heavy atom. The molecular weight excluding hydrogens is 1100 g/mol. The first-order valence-corrected chi connectivity index (χ1v) is 36.3. The van der Waals surface area contributed by atoms with E-state index in [0.29, 0.717) is 23.9 Å². The number of quaternary nitrogens is 1. The van der Waals surface area contributed by atoms with Crippen molar-refractivity contribution < 1.29 is 42.9 Å². The number of nitrogens with zero attached hydrogens (tertiary/aromatic N) is 1. The quantitative estimate of drug-likeness (QED) is 0.0211. The summed E-state index contributed by atoms with van der Waals surface area (Å²) in [4.78, 5) is 37.6. The lowest BCUT2D eigenvalue weighted by atomic mass is 10.0. The summed E-state index contributed by atoms with van der Waals surface area (Å²) in [7, 11) is 5.97. The molecule has 1 N–H and O–H groups in total. The van der Waals surface area contributed by atoms with Crippen molar-refractivity contribution in [3.05, 3.63) is 134 Å². The van der Waals surface area contributed by atoms with E-state index in [-0.39, 0.29) is 32.2 Å². The van der Waals surface area contributed by atoms with Gasteiger partial charge >= 0.3 is 17.9 Å². The Hall–Kier alpha value is -4.57. The number of aliphatic carboxylic acids is 1. The van der Waals surface area contributed by atoms with Crippen LogP contribution in [0.2, 0.25) is 0 Å². The number of hydrogen-bond acceptors (Lipinski definition) is 7. The SMILES string of the molecule is CC/C=C\C/C=C\C/C=C\C/C=C\C/C=C\C/C=C\C/C=C\C/C=C\C/C=C\CCCCCCCCCCCCCCCC(=O)OC(COC(=O)CCCCCCCCCCCCC/C=C\C/C=C\CCCCCCC)COC(OCC[N+](C)(C)C)C(=O)O. The van der Waals surface area contributed by atoms with Gasteiger partial charge in [0, 0.05) is 12.8 Å². The molecule has 2 unspecified atom stereocenters. The van der Waals surface area contributed by atoms with Crippen molar-refractivity contribution in [3.8, 4) is 0 Å². The van der Waals surface area contributed by atoms with Crippen LogP contribution < -0.4 is 0 Å². The molecule has 0 saturated heterocycles. The molecular formula is C80H136NO8+. The number of unbranched alkanes of at least 4 members (excludes halogenated alkanes) is 29. The van der Waals surface area contributed by atoms with Gasteiger partial charge in [0.15, 0.2) is 6.10 Å². The van der Waals surface area contributed by atoms with E-state index in [1.54, 1.807) is 0 Å². The molecule has 0 spiro atoms. The first kappa shape index (κ1) is 84.4. The maximum atomic E-state index is 13.0. The fourth-order valence-corrected chi connectivity index (χ4v) is 9.86. The molecule has 0 aliphatic carbocycles. The minimum Gasteiger partial charge on any atom is -0.477 e. The summed E-state index contributed by atoms with van der Waals surface area (Å²) in [5, 5.41) is 9.75. The second-order valence-electron chi connectivity index (χ2n) is 25.2. The van der Waals surface area contributed by atoms with Gasteiger partial charge in [-0.3, -0.25) is 9.59 Å². The van der Waals surface area contributed by atoms with Gasteiger partial charge < -0.3 is 28.5 Å². The van der Waals surface area contributed by atoms with Crippen molar-refractivity contribution in [1.29, 1.82) is 0 Å². The third-order valence-electron chi connectivity index (χ3n) is 15.4. The second kappa shape index (κ2) is 69.3. The minimum atomic E-state index is -1.52. The van der Waals surface area contributed by atoms with Crippen LogP contribution in [-0.2, 0) is 33.3 Å². The van der Waals surface area contributed by atoms with E-state index in [9.17, 15) is 19.5 Å². The van der Waals surface area contributed by atoms with Gasteiger partial charge in [0.05, 0.1) is 34.4 Å². The molecule has 0 heterocycles. The van der Waals surface area contributed by atoms with Crippen LogP contribution >= 0.6 is 0 Å². The monoisotopic (exact) mass is 1240 g/mol. The molecule has 508 valence electrons. The Labute approximate surface area is 548 Å². The Bertz CT molecular complexity index is 1930. The van der Waals surface area contributed by atoms with Crippen LogP contribution in [0.5, 0.6) is 0 Å². The van der Waals surface area contributed by atoms with E-state index in [0.717, 1.165) is 103 Å². The molecule has 0 amide bonds. The Morgan fingerprint density at radius 2 is 0.640 bits per heavy atom. The van der Waals surface area contributed by atoms with Gasteiger partial charge in [0.25, 0.3) is 6.29 Å². The number of carbonyl (C=O) groups is 3. The average molecular weight is 1240 g/mol. The molecule has 0 saturated carbocycles. The predicted octanol–water partition coefficient (Wildman–Crippen LogP) is 22.9. The van der Waals surface area contributed by atoms with Crippen LogP contribution in [-0.4, -0.2) is 87.4 Å². The van der Waals surface area contributed by atoms with Crippen LogP contribution in [0.4, 0.5) is 0 Å². The summed E-state index contributed by atoms with van der Waals surface area (Å²) in [6, 6.07) is 0. The zero-order valence-electron chi connectivity index (χ0n) is 58.0. The average Bonchev–Trinajstić information content (AvgIpc) is 3.64. The third-order valence-corrected chi connectivity index (χ3v) is 15.4. The summed E-state index contributed by atoms with van der Waals surface area (Å²) in [6.07, 6.45) is 97.1. The highest BCUT2D eigenvalue weighted by Gasteiger charge is 2.25. The number of carbonyl (C=O) groups excluding carboxylic acids is 2. The second-order valence-corrected chi connectivity index (χ2v) is 25.2. The number of esters is 2. The van der Waals surface area contributed by atoms with Crippen molar-refractivity contribution in [2.75, 3.05) is 47.5 Å². The van der Waals surface area contributed by atoms with Crippen molar-refractivity contribution in [3.63, 3.8) is 0 Å². The van der Waals surface area contributed by atoms with Crippen LogP contribution in [0.3, 0.4) is 0 Å². The Morgan fingerprint density at radius 1 is 0.348 bits per heavy atom. The lowest BCUT2D eigenvalue weighted by molar-refractivity contribution is -0.870. The van der Waals surface area contributed by atoms with E-state index < -0.39 is 24.3 Å². The van der Waals surface area contributed by atoms with Gasteiger partial charge in [-0.05, 0) is 116 Å². The van der Waals surface area contributed by atoms with E-state index in [1.807, 2.05) is 21.1 Å². The van der Waals surface area contributed by atoms with Gasteiger partial charge in [-0.2, -0.15) is 0 Å². The maximum absolute atomic E-state index is 13.0. The topological polar surface area (TPSA) is 108 Å². The molecule has 0 aliphatic rings. The summed E-state index contributed by atoms with van der Waals surface area (Å²) >= 11 is 0. The minimum absolute atomic E-state index is 0.183. The highest BCUT2D eigenvalue weighted by Crippen LogP contribution is 2.17. The lowest BCUT2D eigenvalue weighted by Gasteiger charge is -2.25. The highest BCUT2D eigenvalue weighted by atomic mass is 16.7. The Balaban J connectivity index is 4.10. The van der Waals surface area contributed by atoms with E-state index in [1.165, 1.54) is 161 Å². The van der Waals surface area contributed by atoms with Gasteiger partial charge in [0.2, 0.25) is 0 Å². The van der Waals surface area contributed by atoms with E-state index in [2.05, 4.69) is 148 Å². The molecule has 0 rings (SSSR count). The number of hydrogen-bond donors (Lipinski definition) is 1. The lowest BCUT2D eigenvalue weighted by Crippen LogP contribution is -2.40. The van der Waals surface area contributed by atoms with Crippen molar-refractivity contribution in [1.82, 2.24) is 0 Å². The number of rotatable bonds is 66. The molecule has 89 heavy (non-hydrogen) atoms. The van der Waals surface area contributed by atoms with Gasteiger partial charge in [-0.15, -0.1) is 0 Å². The fraction of sp³-hybridized carbons (Fsp3) is 0.688. The number of allylic oxidation sites excluding steroid dienone is 22. The number of ether oxygens (including phenoxy) is 4. The third kappa shape index (κ3) is 70.7. The zero-order valence-corrected chi connectivity index (χ0v) is 58.0. The molecule has 0 radical (unpaired) electrons. The maximum Gasteiger partial charge on any atom is 0.361 e. The Kier molecular flexibility index (Phi) is 65.8. The van der Waals surface area contributed by atoms with Gasteiger partial charge in [0.1, 0.15) is 13.2 Å².